The van der Waals surface area contributed by atoms with Gasteiger partial charge in [-0.05, 0) is 36.3 Å². The molecule has 1 aromatic rings. The van der Waals surface area contributed by atoms with E-state index >= 15 is 0 Å². The van der Waals surface area contributed by atoms with Crippen molar-refractivity contribution in [2.75, 3.05) is 0 Å². The van der Waals surface area contributed by atoms with Crippen LogP contribution in [-0.4, -0.2) is 11.0 Å². The summed E-state index contributed by atoms with van der Waals surface area (Å²) in [5.41, 5.74) is 0.933. The van der Waals surface area contributed by atoms with Gasteiger partial charge in [0.1, 0.15) is 5.82 Å². The van der Waals surface area contributed by atoms with E-state index in [9.17, 15) is 4.39 Å². The molecule has 1 N–H and O–H groups in total. The molecule has 2 unspecified atom stereocenters. The van der Waals surface area contributed by atoms with Crippen LogP contribution in [-0.2, 0) is 6.54 Å². The van der Waals surface area contributed by atoms with Crippen molar-refractivity contribution in [1.29, 1.82) is 0 Å². The van der Waals surface area contributed by atoms with Crippen LogP contribution in [0.15, 0.2) is 18.5 Å². The Bertz CT molecular complexity index is 379. The molecule has 2 rings (SSSR count). The van der Waals surface area contributed by atoms with Crippen molar-refractivity contribution >= 4 is 0 Å². The first-order valence-corrected chi connectivity index (χ1v) is 6.99. The second kappa shape index (κ2) is 6.28. The number of hydrogen-bond donors (Lipinski definition) is 1. The zero-order valence-corrected chi connectivity index (χ0v) is 11.3. The van der Waals surface area contributed by atoms with E-state index < -0.39 is 0 Å². The number of nitrogens with zero attached hydrogens (tertiary/aromatic N) is 1. The lowest BCUT2D eigenvalue weighted by atomic mass is 9.78. The SMILES string of the molecule is CC(C)C1CCCCC1NCc1cncc(F)c1. The van der Waals surface area contributed by atoms with E-state index in [1.54, 1.807) is 12.3 Å². The van der Waals surface area contributed by atoms with Crippen LogP contribution < -0.4 is 5.32 Å². The average molecular weight is 250 g/mol. The molecule has 100 valence electrons. The molecule has 0 spiro atoms. The lowest BCUT2D eigenvalue weighted by Gasteiger charge is -2.35. The van der Waals surface area contributed by atoms with Gasteiger partial charge in [0.05, 0.1) is 6.20 Å². The van der Waals surface area contributed by atoms with Crippen molar-refractivity contribution in [2.24, 2.45) is 11.8 Å². The molecule has 18 heavy (non-hydrogen) atoms. The molecule has 0 aliphatic heterocycles. The summed E-state index contributed by atoms with van der Waals surface area (Å²) in [4.78, 5) is 3.89. The van der Waals surface area contributed by atoms with Crippen LogP contribution in [0, 0.1) is 17.7 Å². The molecule has 0 radical (unpaired) electrons. The number of hydrogen-bond acceptors (Lipinski definition) is 2. The minimum Gasteiger partial charge on any atom is -0.310 e. The van der Waals surface area contributed by atoms with Gasteiger partial charge in [0, 0.05) is 18.8 Å². The molecular formula is C15H23FN2. The van der Waals surface area contributed by atoms with Gasteiger partial charge in [-0.3, -0.25) is 4.98 Å². The first-order chi connectivity index (χ1) is 8.66. The van der Waals surface area contributed by atoms with Gasteiger partial charge in [0.15, 0.2) is 0 Å². The van der Waals surface area contributed by atoms with Crippen molar-refractivity contribution in [3.05, 3.63) is 29.8 Å². The van der Waals surface area contributed by atoms with Crippen LogP contribution in [0.25, 0.3) is 0 Å². The van der Waals surface area contributed by atoms with Gasteiger partial charge in [-0.15, -0.1) is 0 Å². The van der Waals surface area contributed by atoms with Gasteiger partial charge >= 0.3 is 0 Å². The van der Waals surface area contributed by atoms with E-state index in [0.717, 1.165) is 18.0 Å². The molecule has 2 atom stereocenters. The van der Waals surface area contributed by atoms with Crippen molar-refractivity contribution in [1.82, 2.24) is 10.3 Å². The highest BCUT2D eigenvalue weighted by atomic mass is 19.1. The maximum atomic E-state index is 13.0. The summed E-state index contributed by atoms with van der Waals surface area (Å²) in [5, 5.41) is 3.59. The van der Waals surface area contributed by atoms with Crippen LogP contribution in [0.3, 0.4) is 0 Å². The third-order valence-electron chi connectivity index (χ3n) is 4.01. The minimum absolute atomic E-state index is 0.252. The Balaban J connectivity index is 1.91. The van der Waals surface area contributed by atoms with Gasteiger partial charge in [-0.1, -0.05) is 26.7 Å². The maximum Gasteiger partial charge on any atom is 0.141 e. The zero-order valence-electron chi connectivity index (χ0n) is 11.3. The summed E-state index contributed by atoms with van der Waals surface area (Å²) >= 11 is 0. The smallest absolute Gasteiger partial charge is 0.141 e. The largest absolute Gasteiger partial charge is 0.310 e. The lowest BCUT2D eigenvalue weighted by molar-refractivity contribution is 0.204. The third kappa shape index (κ3) is 3.52. The number of rotatable bonds is 4. The predicted molar refractivity (Wildman–Crippen MR) is 71.6 cm³/mol. The standard InChI is InChI=1S/C15H23FN2/c1-11(2)14-5-3-4-6-15(14)18-9-12-7-13(16)10-17-8-12/h7-8,10-11,14-15,18H,3-6,9H2,1-2H3. The topological polar surface area (TPSA) is 24.9 Å². The van der Waals surface area contributed by atoms with Crippen LogP contribution in [0.2, 0.25) is 0 Å². The summed E-state index contributed by atoms with van der Waals surface area (Å²) in [6.45, 7) is 5.32. The first kappa shape index (κ1) is 13.5. The van der Waals surface area contributed by atoms with Crippen molar-refractivity contribution in [3.8, 4) is 0 Å². The summed E-state index contributed by atoms with van der Waals surface area (Å²) in [5.74, 6) is 1.21. The lowest BCUT2D eigenvalue weighted by Crippen LogP contribution is -2.40. The number of aromatic nitrogens is 1. The minimum atomic E-state index is -0.252. The molecule has 0 amide bonds. The Morgan fingerprint density at radius 3 is 2.83 bits per heavy atom. The van der Waals surface area contributed by atoms with E-state index in [1.165, 1.54) is 31.9 Å². The number of nitrogens with one attached hydrogen (secondary N) is 1. The Hall–Kier alpha value is -0.960. The average Bonchev–Trinajstić information content (AvgIpc) is 2.37. The maximum absolute atomic E-state index is 13.0. The summed E-state index contributed by atoms with van der Waals surface area (Å²) in [7, 11) is 0. The van der Waals surface area contributed by atoms with Crippen LogP contribution in [0.5, 0.6) is 0 Å². The molecule has 1 aliphatic rings. The Morgan fingerprint density at radius 2 is 2.11 bits per heavy atom. The normalized spacial score (nSPS) is 24.4. The molecule has 0 aromatic carbocycles. The van der Waals surface area contributed by atoms with E-state index in [4.69, 9.17) is 0 Å². The monoisotopic (exact) mass is 250 g/mol. The van der Waals surface area contributed by atoms with Crippen LogP contribution >= 0.6 is 0 Å². The Morgan fingerprint density at radius 1 is 1.33 bits per heavy atom. The van der Waals surface area contributed by atoms with Gasteiger partial charge in [-0.2, -0.15) is 0 Å². The molecule has 1 fully saturated rings. The second-order valence-corrected chi connectivity index (χ2v) is 5.69. The predicted octanol–water partition coefficient (Wildman–Crippen LogP) is 3.53. The van der Waals surface area contributed by atoms with Crippen molar-refractivity contribution in [3.63, 3.8) is 0 Å². The van der Waals surface area contributed by atoms with Crippen molar-refractivity contribution < 1.29 is 4.39 Å². The van der Waals surface area contributed by atoms with E-state index in [-0.39, 0.29) is 5.82 Å². The molecule has 2 nitrogen and oxygen atoms in total. The number of pyridine rings is 1. The Kier molecular flexibility index (Phi) is 4.70. The van der Waals surface area contributed by atoms with Crippen LogP contribution in [0.1, 0.15) is 45.1 Å². The van der Waals surface area contributed by atoms with Crippen LogP contribution in [0.4, 0.5) is 4.39 Å². The van der Waals surface area contributed by atoms with E-state index in [0.29, 0.717) is 12.0 Å². The number of halogens is 1. The summed E-state index contributed by atoms with van der Waals surface area (Å²) in [6, 6.07) is 2.13. The fraction of sp³-hybridized carbons (Fsp3) is 0.667. The van der Waals surface area contributed by atoms with Gasteiger partial charge in [-0.25, -0.2) is 4.39 Å². The zero-order chi connectivity index (χ0) is 13.0. The molecule has 1 saturated carbocycles. The van der Waals surface area contributed by atoms with Gasteiger partial charge in [0.2, 0.25) is 0 Å². The summed E-state index contributed by atoms with van der Waals surface area (Å²) in [6.07, 6.45) is 8.21. The van der Waals surface area contributed by atoms with E-state index in [2.05, 4.69) is 24.1 Å². The molecule has 0 bridgehead atoms. The molecule has 0 saturated heterocycles. The summed E-state index contributed by atoms with van der Waals surface area (Å²) < 4.78 is 13.0. The molecular weight excluding hydrogens is 227 g/mol. The highest BCUT2D eigenvalue weighted by Gasteiger charge is 2.26. The van der Waals surface area contributed by atoms with Crippen molar-refractivity contribution in [2.45, 2.75) is 52.1 Å². The molecule has 1 aromatic heterocycles. The fourth-order valence-corrected chi connectivity index (χ4v) is 3.01. The first-order valence-electron chi connectivity index (χ1n) is 6.99. The second-order valence-electron chi connectivity index (χ2n) is 5.69. The Labute approximate surface area is 109 Å². The highest BCUT2D eigenvalue weighted by Crippen LogP contribution is 2.30. The molecule has 1 heterocycles. The molecule has 1 aliphatic carbocycles. The fourth-order valence-electron chi connectivity index (χ4n) is 3.01. The quantitative estimate of drug-likeness (QED) is 0.884. The van der Waals surface area contributed by atoms with E-state index in [1.807, 2.05) is 0 Å². The highest BCUT2D eigenvalue weighted by molar-refractivity contribution is 5.10. The molecule has 3 heteroatoms. The van der Waals surface area contributed by atoms with Gasteiger partial charge < -0.3 is 5.32 Å². The van der Waals surface area contributed by atoms with Gasteiger partial charge in [0.25, 0.3) is 0 Å². The third-order valence-corrected chi connectivity index (χ3v) is 4.01.